The quantitative estimate of drug-likeness (QED) is 0.907. The summed E-state index contributed by atoms with van der Waals surface area (Å²) in [7, 11) is 0. The van der Waals surface area contributed by atoms with Gasteiger partial charge in [0.2, 0.25) is 0 Å². The minimum absolute atomic E-state index is 0.228. The summed E-state index contributed by atoms with van der Waals surface area (Å²) in [5.74, 6) is -0.228. The molecule has 2 rings (SSSR count). The number of nitrogens with zero attached hydrogens (tertiary/aromatic N) is 2. The van der Waals surface area contributed by atoms with E-state index in [1.165, 1.54) is 5.56 Å². The first-order valence-electron chi connectivity index (χ1n) is 7.13. The Balaban J connectivity index is 2.38. The van der Waals surface area contributed by atoms with Gasteiger partial charge in [0.05, 0.1) is 5.69 Å². The Kier molecular flexibility index (Phi) is 4.55. The van der Waals surface area contributed by atoms with E-state index in [1.807, 2.05) is 26.8 Å². The van der Waals surface area contributed by atoms with Crippen LogP contribution in [0.1, 0.15) is 36.4 Å². The van der Waals surface area contributed by atoms with E-state index < -0.39 is 0 Å². The van der Waals surface area contributed by atoms with Crippen molar-refractivity contribution in [2.75, 3.05) is 6.54 Å². The lowest BCUT2D eigenvalue weighted by Gasteiger charge is -2.09. The predicted octanol–water partition coefficient (Wildman–Crippen LogP) is 3.30. The Morgan fingerprint density at radius 2 is 2.00 bits per heavy atom. The summed E-state index contributed by atoms with van der Waals surface area (Å²) in [6.45, 7) is 9.65. The highest BCUT2D eigenvalue weighted by atomic mass is 19.1. The fraction of sp³-hybridized carbons (Fsp3) is 0.438. The van der Waals surface area contributed by atoms with E-state index in [2.05, 4.69) is 17.3 Å². The maximum Gasteiger partial charge on any atom is 0.149 e. The van der Waals surface area contributed by atoms with Crippen LogP contribution in [0.3, 0.4) is 0 Å². The summed E-state index contributed by atoms with van der Waals surface area (Å²) in [6.07, 6.45) is 0.914. The summed E-state index contributed by atoms with van der Waals surface area (Å²) in [5.41, 5.74) is 4.65. The molecule has 108 valence electrons. The van der Waals surface area contributed by atoms with E-state index in [-0.39, 0.29) is 5.82 Å². The third-order valence-electron chi connectivity index (χ3n) is 3.61. The number of aryl methyl sites for hydroxylation is 1. The maximum atomic E-state index is 14.3. The van der Waals surface area contributed by atoms with Crippen LogP contribution in [0.15, 0.2) is 18.2 Å². The van der Waals surface area contributed by atoms with E-state index in [1.54, 1.807) is 16.8 Å². The SMILES string of the molecule is CCNCc1ccc(-n2nc(C)c(CC)c2C)c(F)c1. The van der Waals surface area contributed by atoms with Crippen LogP contribution in [0.4, 0.5) is 4.39 Å². The zero-order valence-electron chi connectivity index (χ0n) is 12.6. The highest BCUT2D eigenvalue weighted by Crippen LogP contribution is 2.21. The third-order valence-corrected chi connectivity index (χ3v) is 3.61. The van der Waals surface area contributed by atoms with Gasteiger partial charge in [-0.15, -0.1) is 0 Å². The monoisotopic (exact) mass is 275 g/mol. The second-order valence-electron chi connectivity index (χ2n) is 4.98. The third kappa shape index (κ3) is 2.75. The van der Waals surface area contributed by atoms with Gasteiger partial charge in [0.15, 0.2) is 0 Å². The molecule has 0 unspecified atom stereocenters. The number of benzene rings is 1. The molecule has 1 aromatic carbocycles. The van der Waals surface area contributed by atoms with Crippen molar-refractivity contribution in [2.24, 2.45) is 0 Å². The second kappa shape index (κ2) is 6.18. The molecule has 0 aliphatic carbocycles. The molecule has 1 heterocycles. The molecule has 4 heteroatoms. The smallest absolute Gasteiger partial charge is 0.149 e. The average Bonchev–Trinajstić information content (AvgIpc) is 2.71. The number of rotatable bonds is 5. The van der Waals surface area contributed by atoms with E-state index in [0.29, 0.717) is 12.2 Å². The van der Waals surface area contributed by atoms with Crippen molar-refractivity contribution in [2.45, 2.75) is 40.7 Å². The Hall–Kier alpha value is -1.68. The lowest BCUT2D eigenvalue weighted by molar-refractivity contribution is 0.603. The molecule has 20 heavy (non-hydrogen) atoms. The molecule has 1 N–H and O–H groups in total. The van der Waals surface area contributed by atoms with Crippen LogP contribution in [0.5, 0.6) is 0 Å². The van der Waals surface area contributed by atoms with E-state index in [4.69, 9.17) is 0 Å². The second-order valence-corrected chi connectivity index (χ2v) is 4.98. The fourth-order valence-electron chi connectivity index (χ4n) is 2.52. The predicted molar refractivity (Wildman–Crippen MR) is 79.8 cm³/mol. The molecule has 0 aliphatic rings. The number of hydrogen-bond acceptors (Lipinski definition) is 2. The first kappa shape index (κ1) is 14.7. The molecule has 0 amide bonds. The van der Waals surface area contributed by atoms with Gasteiger partial charge < -0.3 is 5.32 Å². The highest BCUT2D eigenvalue weighted by molar-refractivity contribution is 5.40. The van der Waals surface area contributed by atoms with Crippen LogP contribution in [0.2, 0.25) is 0 Å². The highest BCUT2D eigenvalue weighted by Gasteiger charge is 2.14. The molecule has 2 aromatic rings. The molecular formula is C16H22FN3. The Bertz CT molecular complexity index is 602. The van der Waals surface area contributed by atoms with Crippen LogP contribution in [-0.2, 0) is 13.0 Å². The first-order chi connectivity index (χ1) is 9.58. The number of hydrogen-bond donors (Lipinski definition) is 1. The molecule has 3 nitrogen and oxygen atoms in total. The first-order valence-corrected chi connectivity index (χ1v) is 7.13. The van der Waals surface area contributed by atoms with Crippen LogP contribution in [0.25, 0.3) is 5.69 Å². The molecule has 0 aliphatic heterocycles. The summed E-state index contributed by atoms with van der Waals surface area (Å²) in [4.78, 5) is 0. The molecule has 0 atom stereocenters. The van der Waals surface area contributed by atoms with Crippen molar-refractivity contribution in [3.63, 3.8) is 0 Å². The molecule has 1 aromatic heterocycles. The molecule has 0 saturated heterocycles. The molecule has 0 fully saturated rings. The molecule has 0 radical (unpaired) electrons. The van der Waals surface area contributed by atoms with Gasteiger partial charge in [0.1, 0.15) is 11.5 Å². The molecule has 0 spiro atoms. The average molecular weight is 275 g/mol. The van der Waals surface area contributed by atoms with E-state index in [0.717, 1.165) is 29.9 Å². The Labute approximate surface area is 119 Å². The van der Waals surface area contributed by atoms with Crippen molar-refractivity contribution < 1.29 is 4.39 Å². The summed E-state index contributed by atoms with van der Waals surface area (Å²) < 4.78 is 16.0. The summed E-state index contributed by atoms with van der Waals surface area (Å²) >= 11 is 0. The topological polar surface area (TPSA) is 29.9 Å². The Morgan fingerprint density at radius 1 is 1.25 bits per heavy atom. The van der Waals surface area contributed by atoms with Gasteiger partial charge in [-0.05, 0) is 50.1 Å². The largest absolute Gasteiger partial charge is 0.313 e. The van der Waals surface area contributed by atoms with Crippen LogP contribution < -0.4 is 5.32 Å². The maximum absolute atomic E-state index is 14.3. The van der Waals surface area contributed by atoms with Crippen LogP contribution in [-0.4, -0.2) is 16.3 Å². The van der Waals surface area contributed by atoms with Gasteiger partial charge in [-0.3, -0.25) is 0 Å². The lowest BCUT2D eigenvalue weighted by atomic mass is 10.1. The van der Waals surface area contributed by atoms with Gasteiger partial charge in [-0.2, -0.15) is 5.10 Å². The molecule has 0 saturated carbocycles. The normalized spacial score (nSPS) is 11.1. The standard InChI is InChI=1S/C16H22FN3/c1-5-14-11(3)19-20(12(14)4)16-8-7-13(9-15(16)17)10-18-6-2/h7-9,18H,5-6,10H2,1-4H3. The van der Waals surface area contributed by atoms with Crippen molar-refractivity contribution in [1.82, 2.24) is 15.1 Å². The van der Waals surface area contributed by atoms with E-state index in [9.17, 15) is 4.39 Å². The summed E-state index contributed by atoms with van der Waals surface area (Å²) in [6, 6.07) is 5.34. The van der Waals surface area contributed by atoms with Crippen molar-refractivity contribution in [3.05, 3.63) is 46.5 Å². The van der Waals surface area contributed by atoms with Crippen molar-refractivity contribution in [1.29, 1.82) is 0 Å². The minimum atomic E-state index is -0.228. The molecule has 0 bridgehead atoms. The molecular weight excluding hydrogens is 253 g/mol. The number of aromatic nitrogens is 2. The van der Waals surface area contributed by atoms with Gasteiger partial charge in [0.25, 0.3) is 0 Å². The van der Waals surface area contributed by atoms with Crippen molar-refractivity contribution >= 4 is 0 Å². The fourth-order valence-corrected chi connectivity index (χ4v) is 2.52. The minimum Gasteiger partial charge on any atom is -0.313 e. The zero-order valence-corrected chi connectivity index (χ0v) is 12.6. The number of halogens is 1. The summed E-state index contributed by atoms with van der Waals surface area (Å²) in [5, 5.41) is 7.66. The zero-order chi connectivity index (χ0) is 14.7. The van der Waals surface area contributed by atoms with Crippen LogP contribution >= 0.6 is 0 Å². The van der Waals surface area contributed by atoms with Crippen LogP contribution in [0, 0.1) is 19.7 Å². The van der Waals surface area contributed by atoms with Gasteiger partial charge in [-0.25, -0.2) is 9.07 Å². The van der Waals surface area contributed by atoms with Gasteiger partial charge >= 0.3 is 0 Å². The van der Waals surface area contributed by atoms with Gasteiger partial charge in [-0.1, -0.05) is 19.9 Å². The lowest BCUT2D eigenvalue weighted by Crippen LogP contribution is -2.12. The van der Waals surface area contributed by atoms with Crippen molar-refractivity contribution in [3.8, 4) is 5.69 Å². The Morgan fingerprint density at radius 3 is 2.55 bits per heavy atom. The van der Waals surface area contributed by atoms with Gasteiger partial charge in [0, 0.05) is 12.2 Å². The number of nitrogens with one attached hydrogen (secondary N) is 1. The van der Waals surface area contributed by atoms with E-state index >= 15 is 0 Å².